The molecule has 0 N–H and O–H groups in total. The maximum Gasteiger partial charge on any atom is 0.294 e. The Morgan fingerprint density at radius 3 is 2.64 bits per heavy atom. The molecule has 33 heavy (non-hydrogen) atoms. The number of aromatic nitrogens is 4. The predicted molar refractivity (Wildman–Crippen MR) is 123 cm³/mol. The van der Waals surface area contributed by atoms with E-state index < -0.39 is 5.54 Å². The standard InChI is InChI=1S/C23H25ClN6O3/c1-4-33-19-10-6-9-18(26-19)21(31)28-11-12-29(23(2,3)14-28)22(32)20-25-15-30(27-20)17-8-5-7-16(24)13-17/h5-10,13,15H,4,11-12,14H2,1-3H3. The van der Waals surface area contributed by atoms with E-state index in [9.17, 15) is 9.59 Å². The van der Waals surface area contributed by atoms with Gasteiger partial charge in [0.05, 0.1) is 17.8 Å². The Morgan fingerprint density at radius 1 is 1.12 bits per heavy atom. The Kier molecular flexibility index (Phi) is 6.33. The topological polar surface area (TPSA) is 93.5 Å². The van der Waals surface area contributed by atoms with Gasteiger partial charge in [-0.15, -0.1) is 5.10 Å². The second-order valence-electron chi connectivity index (χ2n) is 8.28. The minimum atomic E-state index is -0.621. The molecule has 0 spiro atoms. The van der Waals surface area contributed by atoms with Crippen molar-refractivity contribution in [3.8, 4) is 11.6 Å². The van der Waals surface area contributed by atoms with Gasteiger partial charge in [0, 0.05) is 30.7 Å². The van der Waals surface area contributed by atoms with Gasteiger partial charge in [-0.3, -0.25) is 9.59 Å². The average molecular weight is 469 g/mol. The van der Waals surface area contributed by atoms with Crippen LogP contribution in [0.2, 0.25) is 5.02 Å². The third-order valence-electron chi connectivity index (χ3n) is 5.43. The number of halogens is 1. The highest BCUT2D eigenvalue weighted by atomic mass is 35.5. The monoisotopic (exact) mass is 468 g/mol. The molecule has 0 atom stereocenters. The zero-order valence-corrected chi connectivity index (χ0v) is 19.5. The summed E-state index contributed by atoms with van der Waals surface area (Å²) in [6, 6.07) is 12.3. The van der Waals surface area contributed by atoms with E-state index in [2.05, 4.69) is 15.1 Å². The number of carbonyl (C=O) groups is 2. The summed E-state index contributed by atoms with van der Waals surface area (Å²) < 4.78 is 6.92. The first-order chi connectivity index (χ1) is 15.8. The molecular formula is C23H25ClN6O3. The molecule has 0 bridgehead atoms. The number of pyridine rings is 1. The SMILES string of the molecule is CCOc1cccc(C(=O)N2CCN(C(=O)c3ncn(-c4cccc(Cl)c4)n3)C(C)(C)C2)n1. The fraction of sp³-hybridized carbons (Fsp3) is 0.348. The number of carbonyl (C=O) groups excluding carboxylic acids is 2. The van der Waals surface area contributed by atoms with Crippen LogP contribution in [0.25, 0.3) is 5.69 Å². The van der Waals surface area contributed by atoms with Crippen LogP contribution in [-0.2, 0) is 0 Å². The Hall–Kier alpha value is -3.46. The van der Waals surface area contributed by atoms with Gasteiger partial charge >= 0.3 is 0 Å². The highest BCUT2D eigenvalue weighted by Crippen LogP contribution is 2.24. The lowest BCUT2D eigenvalue weighted by molar-refractivity contribution is 0.0158. The van der Waals surface area contributed by atoms with Crippen molar-refractivity contribution in [2.24, 2.45) is 0 Å². The third kappa shape index (κ3) is 4.83. The molecule has 1 fully saturated rings. The Balaban J connectivity index is 1.48. The van der Waals surface area contributed by atoms with Gasteiger partial charge in [0.25, 0.3) is 11.8 Å². The number of hydrogen-bond donors (Lipinski definition) is 0. The van der Waals surface area contributed by atoms with Gasteiger partial charge in [0.2, 0.25) is 11.7 Å². The first-order valence-electron chi connectivity index (χ1n) is 10.7. The van der Waals surface area contributed by atoms with Gasteiger partial charge in [-0.1, -0.05) is 23.7 Å². The van der Waals surface area contributed by atoms with Gasteiger partial charge < -0.3 is 14.5 Å². The fourth-order valence-corrected chi connectivity index (χ4v) is 4.04. The normalized spacial score (nSPS) is 15.4. The molecule has 9 nitrogen and oxygen atoms in total. The van der Waals surface area contributed by atoms with E-state index in [0.717, 1.165) is 0 Å². The Labute approximate surface area is 196 Å². The van der Waals surface area contributed by atoms with Crippen LogP contribution in [0.1, 0.15) is 41.9 Å². The van der Waals surface area contributed by atoms with Crippen LogP contribution in [0.5, 0.6) is 5.88 Å². The van der Waals surface area contributed by atoms with E-state index in [-0.39, 0.29) is 17.6 Å². The average Bonchev–Trinajstić information content (AvgIpc) is 3.28. The van der Waals surface area contributed by atoms with E-state index >= 15 is 0 Å². The Bertz CT molecular complexity index is 1180. The van der Waals surface area contributed by atoms with Crippen LogP contribution < -0.4 is 4.74 Å². The van der Waals surface area contributed by atoms with Gasteiger partial charge in [-0.25, -0.2) is 14.6 Å². The van der Waals surface area contributed by atoms with Crippen molar-refractivity contribution in [1.29, 1.82) is 0 Å². The maximum absolute atomic E-state index is 13.2. The summed E-state index contributed by atoms with van der Waals surface area (Å²) in [7, 11) is 0. The largest absolute Gasteiger partial charge is 0.478 e. The highest BCUT2D eigenvalue weighted by Gasteiger charge is 2.40. The van der Waals surface area contributed by atoms with Gasteiger partial charge in [-0.2, -0.15) is 0 Å². The van der Waals surface area contributed by atoms with Crippen LogP contribution in [0, 0.1) is 0 Å². The predicted octanol–water partition coefficient (Wildman–Crippen LogP) is 3.09. The van der Waals surface area contributed by atoms with Crippen LogP contribution in [0.15, 0.2) is 48.8 Å². The number of benzene rings is 1. The molecule has 1 saturated heterocycles. The number of piperazine rings is 1. The quantitative estimate of drug-likeness (QED) is 0.571. The molecule has 3 aromatic rings. The molecule has 0 radical (unpaired) electrons. The third-order valence-corrected chi connectivity index (χ3v) is 5.66. The van der Waals surface area contributed by atoms with Crippen molar-refractivity contribution in [2.75, 3.05) is 26.2 Å². The van der Waals surface area contributed by atoms with Gasteiger partial charge in [0.1, 0.15) is 12.0 Å². The minimum Gasteiger partial charge on any atom is -0.478 e. The number of hydrogen-bond acceptors (Lipinski definition) is 6. The van der Waals surface area contributed by atoms with E-state index in [0.29, 0.717) is 48.5 Å². The van der Waals surface area contributed by atoms with Crippen LogP contribution in [-0.4, -0.2) is 73.1 Å². The van der Waals surface area contributed by atoms with Gasteiger partial charge in [-0.05, 0) is 45.0 Å². The van der Waals surface area contributed by atoms with Crippen LogP contribution >= 0.6 is 11.6 Å². The number of rotatable bonds is 5. The number of nitrogens with zero attached hydrogens (tertiary/aromatic N) is 6. The van der Waals surface area contributed by atoms with E-state index in [1.807, 2.05) is 26.8 Å². The lowest BCUT2D eigenvalue weighted by Crippen LogP contribution is -2.62. The summed E-state index contributed by atoms with van der Waals surface area (Å²) in [5.41, 5.74) is 0.410. The second-order valence-corrected chi connectivity index (χ2v) is 8.72. The van der Waals surface area contributed by atoms with Crippen molar-refractivity contribution in [3.05, 3.63) is 65.3 Å². The summed E-state index contributed by atoms with van der Waals surface area (Å²) in [5.74, 6) is 0.0242. The molecule has 4 rings (SSSR count). The number of ether oxygens (including phenoxy) is 1. The van der Waals surface area contributed by atoms with Gasteiger partial charge in [0.15, 0.2) is 0 Å². The van der Waals surface area contributed by atoms with Crippen LogP contribution in [0.4, 0.5) is 0 Å². The molecule has 1 aromatic carbocycles. The molecule has 1 aliphatic rings. The van der Waals surface area contributed by atoms with Crippen molar-refractivity contribution in [3.63, 3.8) is 0 Å². The smallest absolute Gasteiger partial charge is 0.294 e. The molecule has 10 heteroatoms. The molecule has 1 aliphatic heterocycles. The molecule has 2 aromatic heterocycles. The maximum atomic E-state index is 13.2. The highest BCUT2D eigenvalue weighted by molar-refractivity contribution is 6.30. The van der Waals surface area contributed by atoms with Crippen molar-refractivity contribution < 1.29 is 14.3 Å². The molecule has 0 saturated carbocycles. The second kappa shape index (κ2) is 9.19. The zero-order valence-electron chi connectivity index (χ0n) is 18.7. The zero-order chi connectivity index (χ0) is 23.6. The lowest BCUT2D eigenvalue weighted by atomic mass is 9.98. The Morgan fingerprint density at radius 2 is 1.91 bits per heavy atom. The van der Waals surface area contributed by atoms with Crippen LogP contribution in [0.3, 0.4) is 0 Å². The minimum absolute atomic E-state index is 0.0916. The van der Waals surface area contributed by atoms with E-state index in [4.69, 9.17) is 16.3 Å². The number of amides is 2. The first kappa shape index (κ1) is 22.7. The first-order valence-corrected chi connectivity index (χ1v) is 11.0. The molecular weight excluding hydrogens is 444 g/mol. The lowest BCUT2D eigenvalue weighted by Gasteiger charge is -2.46. The summed E-state index contributed by atoms with van der Waals surface area (Å²) in [5, 5.41) is 4.91. The van der Waals surface area contributed by atoms with E-state index in [1.54, 1.807) is 46.2 Å². The fourth-order valence-electron chi connectivity index (χ4n) is 3.85. The summed E-state index contributed by atoms with van der Waals surface area (Å²) in [6.07, 6.45) is 1.49. The molecule has 0 unspecified atom stereocenters. The summed E-state index contributed by atoms with van der Waals surface area (Å²) in [6.45, 7) is 7.26. The van der Waals surface area contributed by atoms with E-state index in [1.165, 1.54) is 11.0 Å². The summed E-state index contributed by atoms with van der Waals surface area (Å²) >= 11 is 6.05. The molecule has 2 amide bonds. The van der Waals surface area contributed by atoms with Crippen molar-refractivity contribution >= 4 is 23.4 Å². The summed E-state index contributed by atoms with van der Waals surface area (Å²) in [4.78, 5) is 38.2. The van der Waals surface area contributed by atoms with Crippen molar-refractivity contribution in [2.45, 2.75) is 26.3 Å². The molecule has 3 heterocycles. The molecule has 172 valence electrons. The molecule has 0 aliphatic carbocycles. The van der Waals surface area contributed by atoms with Crippen molar-refractivity contribution in [1.82, 2.24) is 29.5 Å².